The summed E-state index contributed by atoms with van der Waals surface area (Å²) >= 11 is 0. The molecule has 0 bridgehead atoms. The minimum atomic E-state index is 1.08. The van der Waals surface area contributed by atoms with E-state index in [0.717, 1.165) is 5.69 Å². The number of nitrogens with zero attached hydrogens (tertiary/aromatic N) is 1. The highest BCUT2D eigenvalue weighted by atomic mass is 14.7. The van der Waals surface area contributed by atoms with Crippen molar-refractivity contribution in [2.45, 2.75) is 6.92 Å². The number of hydrogen-bond acceptors (Lipinski definition) is 1. The monoisotopic (exact) mass is 132 g/mol. The number of hydrogen-bond donors (Lipinski definition) is 1. The highest BCUT2D eigenvalue weighted by Crippen LogP contribution is 2.13. The lowest BCUT2D eigenvalue weighted by molar-refractivity contribution is 1.24. The molecule has 2 rings (SSSR count). The topological polar surface area (TPSA) is 28.7 Å². The molecule has 0 aliphatic rings. The van der Waals surface area contributed by atoms with Crippen molar-refractivity contribution in [3.63, 3.8) is 0 Å². The van der Waals surface area contributed by atoms with Crippen LogP contribution in [-0.4, -0.2) is 9.97 Å². The number of aromatic amines is 1. The molecular weight excluding hydrogens is 124 g/mol. The van der Waals surface area contributed by atoms with Gasteiger partial charge in [-0.25, -0.2) is 0 Å². The first-order chi connectivity index (χ1) is 4.88. The molecule has 0 aliphatic heterocycles. The van der Waals surface area contributed by atoms with E-state index in [1.807, 2.05) is 31.6 Å². The summed E-state index contributed by atoms with van der Waals surface area (Å²) in [6.07, 6.45) is 5.77. The number of pyridine rings is 1. The molecule has 0 saturated carbocycles. The van der Waals surface area contributed by atoms with Gasteiger partial charge in [0, 0.05) is 35.1 Å². The molecular formula is C8H8N2. The van der Waals surface area contributed by atoms with Crippen molar-refractivity contribution in [1.82, 2.24) is 9.97 Å². The lowest BCUT2D eigenvalue weighted by Crippen LogP contribution is -1.77. The van der Waals surface area contributed by atoms with Crippen molar-refractivity contribution in [2.24, 2.45) is 0 Å². The van der Waals surface area contributed by atoms with Crippen LogP contribution in [0.3, 0.4) is 0 Å². The second-order valence-corrected chi connectivity index (χ2v) is 2.35. The predicted molar refractivity (Wildman–Crippen MR) is 40.8 cm³/mol. The molecule has 0 radical (unpaired) electrons. The number of H-pyrrole nitrogens is 1. The molecule has 2 aromatic heterocycles. The minimum absolute atomic E-state index is 1.08. The maximum atomic E-state index is 4.16. The fraction of sp³-hybridized carbons (Fsp3) is 0.125. The Kier molecular flexibility index (Phi) is 1.01. The summed E-state index contributed by atoms with van der Waals surface area (Å²) in [5.74, 6) is 0. The minimum Gasteiger partial charge on any atom is -0.366 e. The Hall–Kier alpha value is -1.31. The largest absolute Gasteiger partial charge is 0.366 e. The quantitative estimate of drug-likeness (QED) is 0.582. The van der Waals surface area contributed by atoms with Gasteiger partial charge in [-0.05, 0) is 13.0 Å². The smallest absolute Gasteiger partial charge is 0.0466 e. The zero-order valence-electron chi connectivity index (χ0n) is 5.76. The summed E-state index contributed by atoms with van der Waals surface area (Å²) in [4.78, 5) is 7.20. The Labute approximate surface area is 58.9 Å². The number of nitrogens with one attached hydrogen (secondary N) is 1. The molecule has 2 heterocycles. The summed E-state index contributed by atoms with van der Waals surface area (Å²) < 4.78 is 0. The van der Waals surface area contributed by atoms with E-state index < -0.39 is 0 Å². The molecule has 0 aromatic carbocycles. The van der Waals surface area contributed by atoms with Crippen LogP contribution >= 0.6 is 0 Å². The van der Waals surface area contributed by atoms with Gasteiger partial charge in [0.1, 0.15) is 0 Å². The number of rotatable bonds is 0. The van der Waals surface area contributed by atoms with Crippen molar-refractivity contribution < 1.29 is 0 Å². The molecule has 0 amide bonds. The second kappa shape index (κ2) is 1.84. The van der Waals surface area contributed by atoms with Gasteiger partial charge in [0.25, 0.3) is 0 Å². The van der Waals surface area contributed by atoms with Crippen LogP contribution in [0.25, 0.3) is 10.8 Å². The summed E-state index contributed by atoms with van der Waals surface area (Å²) in [5, 5.41) is 2.44. The first-order valence-electron chi connectivity index (χ1n) is 3.26. The average Bonchev–Trinajstić information content (AvgIpc) is 2.36. The molecule has 2 heteroatoms. The third-order valence-electron chi connectivity index (χ3n) is 1.69. The normalized spacial score (nSPS) is 10.5. The van der Waals surface area contributed by atoms with E-state index in [4.69, 9.17) is 0 Å². The Bertz CT molecular complexity index is 349. The Morgan fingerprint density at radius 3 is 3.10 bits per heavy atom. The Morgan fingerprint density at radius 1 is 1.40 bits per heavy atom. The summed E-state index contributed by atoms with van der Waals surface area (Å²) in [7, 11) is 0. The number of aryl methyl sites for hydroxylation is 1. The molecule has 0 spiro atoms. The predicted octanol–water partition coefficient (Wildman–Crippen LogP) is 1.87. The first-order valence-corrected chi connectivity index (χ1v) is 3.26. The van der Waals surface area contributed by atoms with E-state index in [1.165, 1.54) is 10.8 Å². The van der Waals surface area contributed by atoms with Crippen molar-refractivity contribution in [3.8, 4) is 0 Å². The van der Waals surface area contributed by atoms with Crippen LogP contribution in [0.1, 0.15) is 5.69 Å². The molecule has 1 N–H and O–H groups in total. The van der Waals surface area contributed by atoms with Crippen molar-refractivity contribution in [3.05, 3.63) is 30.4 Å². The number of aromatic nitrogens is 2. The zero-order valence-corrected chi connectivity index (χ0v) is 5.76. The maximum absolute atomic E-state index is 4.16. The third kappa shape index (κ3) is 0.620. The molecule has 10 heavy (non-hydrogen) atoms. The van der Waals surface area contributed by atoms with E-state index in [1.54, 1.807) is 0 Å². The van der Waals surface area contributed by atoms with Gasteiger partial charge in [-0.2, -0.15) is 0 Å². The summed E-state index contributed by atoms with van der Waals surface area (Å²) in [6, 6.07) is 2.00. The first kappa shape index (κ1) is 5.47. The highest BCUT2D eigenvalue weighted by molar-refractivity contribution is 5.83. The van der Waals surface area contributed by atoms with Crippen molar-refractivity contribution in [1.29, 1.82) is 0 Å². The van der Waals surface area contributed by atoms with Crippen LogP contribution in [0.15, 0.2) is 24.7 Å². The fourth-order valence-electron chi connectivity index (χ4n) is 1.13. The molecule has 0 fully saturated rings. The number of fused-ring (bicyclic) bond motifs is 1. The van der Waals surface area contributed by atoms with Crippen LogP contribution in [0.4, 0.5) is 0 Å². The molecule has 0 aliphatic carbocycles. The highest BCUT2D eigenvalue weighted by Gasteiger charge is 1.95. The van der Waals surface area contributed by atoms with E-state index in [-0.39, 0.29) is 0 Å². The standard InChI is InChI=1S/C8H8N2/c1-6-8-5-9-4-7(8)2-3-10-6/h2-5,9H,1H3. The van der Waals surface area contributed by atoms with Gasteiger partial charge in [0.15, 0.2) is 0 Å². The van der Waals surface area contributed by atoms with Gasteiger partial charge in [0.2, 0.25) is 0 Å². The van der Waals surface area contributed by atoms with E-state index >= 15 is 0 Å². The van der Waals surface area contributed by atoms with Crippen LogP contribution in [-0.2, 0) is 0 Å². The van der Waals surface area contributed by atoms with Crippen molar-refractivity contribution in [2.75, 3.05) is 0 Å². The molecule has 50 valence electrons. The van der Waals surface area contributed by atoms with Gasteiger partial charge in [-0.1, -0.05) is 0 Å². The third-order valence-corrected chi connectivity index (χ3v) is 1.69. The molecule has 0 unspecified atom stereocenters. The van der Waals surface area contributed by atoms with Gasteiger partial charge < -0.3 is 4.98 Å². The van der Waals surface area contributed by atoms with E-state index in [2.05, 4.69) is 9.97 Å². The summed E-state index contributed by atoms with van der Waals surface area (Å²) in [5.41, 5.74) is 1.08. The maximum Gasteiger partial charge on any atom is 0.0466 e. The van der Waals surface area contributed by atoms with Gasteiger partial charge in [-0.15, -0.1) is 0 Å². The average molecular weight is 132 g/mol. The second-order valence-electron chi connectivity index (χ2n) is 2.35. The van der Waals surface area contributed by atoms with E-state index in [9.17, 15) is 0 Å². The SMILES string of the molecule is Cc1nccc2c[nH]cc12. The van der Waals surface area contributed by atoms with Crippen LogP contribution in [0.5, 0.6) is 0 Å². The molecule has 2 nitrogen and oxygen atoms in total. The molecule has 0 atom stereocenters. The Balaban J connectivity index is 2.95. The Morgan fingerprint density at radius 2 is 2.30 bits per heavy atom. The lowest BCUT2D eigenvalue weighted by Gasteiger charge is -1.90. The zero-order chi connectivity index (χ0) is 6.97. The van der Waals surface area contributed by atoms with E-state index in [0.29, 0.717) is 0 Å². The van der Waals surface area contributed by atoms with Gasteiger partial charge in [-0.3, -0.25) is 4.98 Å². The van der Waals surface area contributed by atoms with Crippen LogP contribution in [0.2, 0.25) is 0 Å². The van der Waals surface area contributed by atoms with Crippen molar-refractivity contribution >= 4 is 10.8 Å². The summed E-state index contributed by atoms with van der Waals surface area (Å²) in [6.45, 7) is 2.01. The van der Waals surface area contributed by atoms with Gasteiger partial charge in [0.05, 0.1) is 0 Å². The molecule has 0 saturated heterocycles. The van der Waals surface area contributed by atoms with Gasteiger partial charge >= 0.3 is 0 Å². The fourth-order valence-corrected chi connectivity index (χ4v) is 1.13. The lowest BCUT2D eigenvalue weighted by atomic mass is 10.2. The molecule has 2 aromatic rings. The van der Waals surface area contributed by atoms with Crippen LogP contribution in [0, 0.1) is 6.92 Å². The van der Waals surface area contributed by atoms with Crippen LogP contribution < -0.4 is 0 Å².